The maximum Gasteiger partial charge on any atom is 0.328 e. The lowest BCUT2D eigenvalue weighted by atomic mass is 9.96. The minimum Gasteiger partial charge on any atom is -0.335 e. The molecule has 1 heterocycles. The molecule has 0 spiro atoms. The van der Waals surface area contributed by atoms with Crippen LogP contribution in [0.15, 0.2) is 21.7 Å². The summed E-state index contributed by atoms with van der Waals surface area (Å²) in [5, 5.41) is 4.37. The average Bonchev–Trinajstić information content (AvgIpc) is 2.83. The van der Waals surface area contributed by atoms with Crippen molar-refractivity contribution in [2.24, 2.45) is 0 Å². The maximum atomic E-state index is 11.8. The molecule has 1 fully saturated rings. The van der Waals surface area contributed by atoms with E-state index >= 15 is 0 Å². The molecule has 0 saturated heterocycles. The van der Waals surface area contributed by atoms with Crippen molar-refractivity contribution < 1.29 is 13.2 Å². The number of carbonyl (C=O) groups is 1. The summed E-state index contributed by atoms with van der Waals surface area (Å²) in [6, 6.07) is 2.58. The van der Waals surface area contributed by atoms with Crippen molar-refractivity contribution in [1.82, 2.24) is 10.0 Å². The van der Waals surface area contributed by atoms with Gasteiger partial charge in [-0.15, -0.1) is 11.3 Å². The average molecular weight is 288 g/mol. The van der Waals surface area contributed by atoms with Crippen LogP contribution in [0.4, 0.5) is 4.79 Å². The van der Waals surface area contributed by atoms with E-state index in [1.807, 2.05) is 4.72 Å². The van der Waals surface area contributed by atoms with Crippen molar-refractivity contribution in [2.45, 2.75) is 42.4 Å². The minimum atomic E-state index is -3.71. The summed E-state index contributed by atoms with van der Waals surface area (Å²) in [5.74, 6) is 0. The summed E-state index contributed by atoms with van der Waals surface area (Å²) in [5.41, 5.74) is 0. The Hall–Kier alpha value is -1.08. The van der Waals surface area contributed by atoms with Crippen LogP contribution in [-0.4, -0.2) is 20.5 Å². The number of rotatable bonds is 3. The van der Waals surface area contributed by atoms with Gasteiger partial charge in [0.05, 0.1) is 0 Å². The van der Waals surface area contributed by atoms with E-state index in [-0.39, 0.29) is 10.3 Å². The Kier molecular flexibility index (Phi) is 4.23. The van der Waals surface area contributed by atoms with Crippen LogP contribution >= 0.6 is 11.3 Å². The van der Waals surface area contributed by atoms with E-state index in [1.165, 1.54) is 12.5 Å². The molecule has 7 heteroatoms. The van der Waals surface area contributed by atoms with E-state index in [2.05, 4.69) is 5.32 Å². The summed E-state index contributed by atoms with van der Waals surface area (Å²) in [6.07, 6.45) is 5.21. The Morgan fingerprint density at radius 1 is 1.28 bits per heavy atom. The van der Waals surface area contributed by atoms with Gasteiger partial charge in [0.2, 0.25) is 0 Å². The monoisotopic (exact) mass is 288 g/mol. The van der Waals surface area contributed by atoms with Gasteiger partial charge in [0.25, 0.3) is 10.0 Å². The zero-order chi connectivity index (χ0) is 13.0. The van der Waals surface area contributed by atoms with Gasteiger partial charge in [-0.1, -0.05) is 25.3 Å². The summed E-state index contributed by atoms with van der Waals surface area (Å²) >= 11 is 1.09. The second kappa shape index (κ2) is 5.71. The van der Waals surface area contributed by atoms with E-state index in [0.717, 1.165) is 37.0 Å². The number of sulfonamides is 1. The molecule has 0 atom stereocenters. The highest BCUT2D eigenvalue weighted by molar-refractivity contribution is 7.92. The summed E-state index contributed by atoms with van der Waals surface area (Å²) in [4.78, 5) is 11.6. The van der Waals surface area contributed by atoms with Crippen LogP contribution in [0, 0.1) is 0 Å². The predicted molar refractivity (Wildman–Crippen MR) is 70.0 cm³/mol. The van der Waals surface area contributed by atoms with Crippen LogP contribution in [0.1, 0.15) is 32.1 Å². The molecule has 0 unspecified atom stereocenters. The molecule has 1 aromatic heterocycles. The topological polar surface area (TPSA) is 75.3 Å². The van der Waals surface area contributed by atoms with E-state index in [4.69, 9.17) is 0 Å². The largest absolute Gasteiger partial charge is 0.335 e. The van der Waals surface area contributed by atoms with Crippen LogP contribution in [0.25, 0.3) is 0 Å². The van der Waals surface area contributed by atoms with Gasteiger partial charge in [-0.05, 0) is 24.3 Å². The highest BCUT2D eigenvalue weighted by Gasteiger charge is 2.21. The van der Waals surface area contributed by atoms with Crippen LogP contribution in [0.3, 0.4) is 0 Å². The summed E-state index contributed by atoms with van der Waals surface area (Å²) in [6.45, 7) is 0. The van der Waals surface area contributed by atoms with E-state index in [0.29, 0.717) is 0 Å². The molecule has 2 rings (SSSR count). The van der Waals surface area contributed by atoms with Crippen LogP contribution in [0.2, 0.25) is 0 Å². The molecule has 1 aliphatic rings. The van der Waals surface area contributed by atoms with Crippen LogP contribution < -0.4 is 10.0 Å². The van der Waals surface area contributed by atoms with Gasteiger partial charge in [0.15, 0.2) is 0 Å². The number of carbonyl (C=O) groups excluding carboxylic acids is 1. The quantitative estimate of drug-likeness (QED) is 0.894. The van der Waals surface area contributed by atoms with Gasteiger partial charge in [0, 0.05) is 6.04 Å². The fourth-order valence-corrected chi connectivity index (χ4v) is 3.96. The highest BCUT2D eigenvalue weighted by Crippen LogP contribution is 2.18. The number of hydrogen-bond acceptors (Lipinski definition) is 4. The predicted octanol–water partition coefficient (Wildman–Crippen LogP) is 2.07. The van der Waals surface area contributed by atoms with E-state index < -0.39 is 16.1 Å². The Balaban J connectivity index is 1.91. The van der Waals surface area contributed by atoms with Crippen molar-refractivity contribution >= 4 is 27.4 Å². The fraction of sp³-hybridized carbons (Fsp3) is 0.545. The van der Waals surface area contributed by atoms with Gasteiger partial charge < -0.3 is 5.32 Å². The van der Waals surface area contributed by atoms with Crippen molar-refractivity contribution in [1.29, 1.82) is 0 Å². The lowest BCUT2D eigenvalue weighted by molar-refractivity contribution is 0.237. The number of nitrogens with one attached hydrogen (secondary N) is 2. The van der Waals surface area contributed by atoms with Crippen LogP contribution in [0.5, 0.6) is 0 Å². The van der Waals surface area contributed by atoms with Crippen molar-refractivity contribution in [3.8, 4) is 0 Å². The van der Waals surface area contributed by atoms with Gasteiger partial charge in [-0.2, -0.15) is 0 Å². The van der Waals surface area contributed by atoms with Gasteiger partial charge in [-0.3, -0.25) is 0 Å². The van der Waals surface area contributed by atoms with Gasteiger partial charge in [0.1, 0.15) is 4.21 Å². The second-order valence-electron chi connectivity index (χ2n) is 4.35. The van der Waals surface area contributed by atoms with Crippen molar-refractivity contribution in [2.75, 3.05) is 0 Å². The minimum absolute atomic E-state index is 0.0947. The SMILES string of the molecule is O=C(NC1CCCCC1)NS(=O)(=O)c1cccs1. The zero-order valence-corrected chi connectivity index (χ0v) is 11.5. The molecule has 0 bridgehead atoms. The van der Waals surface area contributed by atoms with E-state index in [1.54, 1.807) is 11.4 Å². The first-order valence-electron chi connectivity index (χ1n) is 5.95. The first kappa shape index (κ1) is 13.4. The molecule has 0 aliphatic heterocycles. The third-order valence-electron chi connectivity index (χ3n) is 2.93. The Morgan fingerprint density at radius 2 is 2.00 bits per heavy atom. The highest BCUT2D eigenvalue weighted by atomic mass is 32.2. The molecule has 2 N–H and O–H groups in total. The molecule has 2 amide bonds. The number of urea groups is 1. The zero-order valence-electron chi connectivity index (χ0n) is 9.89. The molecule has 0 aromatic carbocycles. The Labute approximate surface area is 111 Å². The molecule has 100 valence electrons. The Morgan fingerprint density at radius 3 is 2.61 bits per heavy atom. The number of thiophene rings is 1. The van der Waals surface area contributed by atoms with E-state index in [9.17, 15) is 13.2 Å². The Bertz CT molecular complexity index is 490. The molecule has 1 aliphatic carbocycles. The lowest BCUT2D eigenvalue weighted by Gasteiger charge is -2.22. The first-order valence-corrected chi connectivity index (χ1v) is 8.31. The molecule has 1 aromatic rings. The van der Waals surface area contributed by atoms with Crippen molar-refractivity contribution in [3.05, 3.63) is 17.5 Å². The summed E-state index contributed by atoms with van der Waals surface area (Å²) in [7, 11) is -3.71. The molecule has 1 saturated carbocycles. The second-order valence-corrected chi connectivity index (χ2v) is 7.20. The number of amides is 2. The first-order chi connectivity index (χ1) is 8.58. The van der Waals surface area contributed by atoms with Gasteiger partial charge >= 0.3 is 6.03 Å². The van der Waals surface area contributed by atoms with Gasteiger partial charge in [-0.25, -0.2) is 17.9 Å². The molecule has 5 nitrogen and oxygen atoms in total. The molecule has 18 heavy (non-hydrogen) atoms. The number of hydrogen-bond donors (Lipinski definition) is 2. The standard InChI is InChI=1S/C11H16N2O3S2/c14-11(12-9-5-2-1-3-6-9)13-18(15,16)10-7-4-8-17-10/h4,7-9H,1-3,5-6H2,(H2,12,13,14). The normalized spacial score (nSPS) is 17.3. The smallest absolute Gasteiger partial charge is 0.328 e. The third kappa shape index (κ3) is 3.46. The lowest BCUT2D eigenvalue weighted by Crippen LogP contribution is -2.44. The third-order valence-corrected chi connectivity index (χ3v) is 5.66. The fourth-order valence-electron chi connectivity index (χ4n) is 2.05. The molecule has 0 radical (unpaired) electrons. The van der Waals surface area contributed by atoms with Crippen LogP contribution in [-0.2, 0) is 10.0 Å². The van der Waals surface area contributed by atoms with Crippen molar-refractivity contribution in [3.63, 3.8) is 0 Å². The molecular weight excluding hydrogens is 272 g/mol. The summed E-state index contributed by atoms with van der Waals surface area (Å²) < 4.78 is 25.8. The molecular formula is C11H16N2O3S2. The maximum absolute atomic E-state index is 11.8.